The molecule has 1 aromatic heterocycles. The van der Waals surface area contributed by atoms with Gasteiger partial charge in [-0.1, -0.05) is 29.8 Å². The Morgan fingerprint density at radius 1 is 1.14 bits per heavy atom. The molecule has 0 radical (unpaired) electrons. The summed E-state index contributed by atoms with van der Waals surface area (Å²) in [6.07, 6.45) is 1.80. The molecule has 0 amide bonds. The van der Waals surface area contributed by atoms with Crippen LogP contribution >= 0.6 is 11.6 Å². The highest BCUT2D eigenvalue weighted by atomic mass is 35.5. The summed E-state index contributed by atoms with van der Waals surface area (Å²) in [6.45, 7) is 4.66. The van der Waals surface area contributed by atoms with Crippen molar-refractivity contribution in [3.8, 4) is 0 Å². The lowest BCUT2D eigenvalue weighted by atomic mass is 10.2. The highest BCUT2D eigenvalue weighted by molar-refractivity contribution is 6.31. The maximum absolute atomic E-state index is 6.17. The van der Waals surface area contributed by atoms with E-state index in [-0.39, 0.29) is 0 Å². The smallest absolute Gasteiger partial charge is 0.227 e. The summed E-state index contributed by atoms with van der Waals surface area (Å²) < 4.78 is 0. The van der Waals surface area contributed by atoms with Gasteiger partial charge >= 0.3 is 0 Å². The van der Waals surface area contributed by atoms with E-state index in [2.05, 4.69) is 32.1 Å². The minimum absolute atomic E-state index is 0.652. The van der Waals surface area contributed by atoms with Gasteiger partial charge in [-0.2, -0.15) is 4.98 Å². The first kappa shape index (κ1) is 15.1. The van der Waals surface area contributed by atoms with Crippen molar-refractivity contribution >= 4 is 23.4 Å². The van der Waals surface area contributed by atoms with Gasteiger partial charge in [0.25, 0.3) is 0 Å². The third kappa shape index (κ3) is 3.67. The molecule has 1 fully saturated rings. The van der Waals surface area contributed by atoms with E-state index in [1.807, 2.05) is 30.3 Å². The van der Waals surface area contributed by atoms with Gasteiger partial charge in [0.2, 0.25) is 5.95 Å². The van der Waals surface area contributed by atoms with Crippen molar-refractivity contribution in [1.29, 1.82) is 0 Å². The number of aromatic nitrogens is 2. The summed E-state index contributed by atoms with van der Waals surface area (Å²) in [6, 6.07) is 9.71. The standard InChI is InChI=1S/C16H20ClN5/c1-21-8-10-22(11-9-21)16-18-7-6-15(20-16)19-12-13-4-2-3-5-14(13)17/h2-7H,8-12H2,1H3,(H,18,19,20). The topological polar surface area (TPSA) is 44.3 Å². The molecule has 0 saturated carbocycles. The molecule has 6 heteroatoms. The number of hydrogen-bond donors (Lipinski definition) is 1. The normalized spacial score (nSPS) is 15.8. The highest BCUT2D eigenvalue weighted by Crippen LogP contribution is 2.17. The molecule has 0 bridgehead atoms. The van der Waals surface area contributed by atoms with Crippen LogP contribution in [-0.4, -0.2) is 48.1 Å². The van der Waals surface area contributed by atoms with E-state index in [4.69, 9.17) is 11.6 Å². The molecule has 1 saturated heterocycles. The molecule has 0 unspecified atom stereocenters. The van der Waals surface area contributed by atoms with Gasteiger partial charge in [0.05, 0.1) is 0 Å². The predicted molar refractivity (Wildman–Crippen MR) is 90.5 cm³/mol. The lowest BCUT2D eigenvalue weighted by molar-refractivity contribution is 0.311. The van der Waals surface area contributed by atoms with E-state index < -0.39 is 0 Å². The van der Waals surface area contributed by atoms with Crippen LogP contribution in [0.3, 0.4) is 0 Å². The number of piperazine rings is 1. The molecule has 1 aliphatic heterocycles. The van der Waals surface area contributed by atoms with Gasteiger partial charge in [0.15, 0.2) is 0 Å². The molecule has 5 nitrogen and oxygen atoms in total. The first-order valence-corrected chi connectivity index (χ1v) is 7.84. The van der Waals surface area contributed by atoms with Crippen molar-refractivity contribution in [2.24, 2.45) is 0 Å². The van der Waals surface area contributed by atoms with Gasteiger partial charge in [-0.3, -0.25) is 0 Å². The third-order valence-corrected chi connectivity index (χ3v) is 4.22. The van der Waals surface area contributed by atoms with E-state index >= 15 is 0 Å². The Morgan fingerprint density at radius 2 is 1.91 bits per heavy atom. The molecule has 1 aromatic carbocycles. The van der Waals surface area contributed by atoms with Crippen LogP contribution < -0.4 is 10.2 Å². The summed E-state index contributed by atoms with van der Waals surface area (Å²) in [5, 5.41) is 4.08. The summed E-state index contributed by atoms with van der Waals surface area (Å²) in [5.74, 6) is 1.61. The summed E-state index contributed by atoms with van der Waals surface area (Å²) in [5.41, 5.74) is 1.06. The number of rotatable bonds is 4. The van der Waals surface area contributed by atoms with E-state index in [0.717, 1.165) is 48.5 Å². The number of nitrogens with one attached hydrogen (secondary N) is 1. The van der Waals surface area contributed by atoms with Crippen molar-refractivity contribution in [3.63, 3.8) is 0 Å². The van der Waals surface area contributed by atoms with Crippen LogP contribution in [0.5, 0.6) is 0 Å². The van der Waals surface area contributed by atoms with Crippen molar-refractivity contribution in [3.05, 3.63) is 47.1 Å². The Bertz CT molecular complexity index is 625. The average molecular weight is 318 g/mol. The number of nitrogens with zero attached hydrogens (tertiary/aromatic N) is 4. The molecule has 116 valence electrons. The molecule has 0 aliphatic carbocycles. The van der Waals surface area contributed by atoms with Crippen LogP contribution in [-0.2, 0) is 6.54 Å². The van der Waals surface area contributed by atoms with Crippen molar-refractivity contribution in [2.75, 3.05) is 43.4 Å². The van der Waals surface area contributed by atoms with E-state index in [1.165, 1.54) is 0 Å². The Labute approximate surface area is 135 Å². The number of benzene rings is 1. The second-order valence-corrected chi connectivity index (χ2v) is 5.88. The third-order valence-electron chi connectivity index (χ3n) is 3.85. The van der Waals surface area contributed by atoms with Crippen LogP contribution in [0.4, 0.5) is 11.8 Å². The highest BCUT2D eigenvalue weighted by Gasteiger charge is 2.16. The van der Waals surface area contributed by atoms with Gasteiger partial charge in [-0.25, -0.2) is 4.98 Å². The zero-order valence-corrected chi connectivity index (χ0v) is 13.4. The largest absolute Gasteiger partial charge is 0.366 e. The fourth-order valence-electron chi connectivity index (χ4n) is 2.43. The van der Waals surface area contributed by atoms with Crippen molar-refractivity contribution in [2.45, 2.75) is 6.54 Å². The Morgan fingerprint density at radius 3 is 2.68 bits per heavy atom. The Kier molecular flexibility index (Phi) is 4.75. The van der Waals surface area contributed by atoms with Gasteiger partial charge in [-0.05, 0) is 24.7 Å². The van der Waals surface area contributed by atoms with Gasteiger partial charge in [-0.15, -0.1) is 0 Å². The predicted octanol–water partition coefficient (Wildman–Crippen LogP) is 2.49. The first-order chi connectivity index (χ1) is 10.7. The fraction of sp³-hybridized carbons (Fsp3) is 0.375. The summed E-state index contributed by atoms with van der Waals surface area (Å²) >= 11 is 6.17. The zero-order valence-electron chi connectivity index (χ0n) is 12.7. The number of likely N-dealkylation sites (N-methyl/N-ethyl adjacent to an activating group) is 1. The molecular formula is C16H20ClN5. The van der Waals surface area contributed by atoms with Crippen LogP contribution in [0.2, 0.25) is 5.02 Å². The lowest BCUT2D eigenvalue weighted by Gasteiger charge is -2.32. The summed E-state index contributed by atoms with van der Waals surface area (Å²) in [7, 11) is 2.14. The zero-order chi connectivity index (χ0) is 15.4. The van der Waals surface area contributed by atoms with Crippen molar-refractivity contribution < 1.29 is 0 Å². The average Bonchev–Trinajstić information content (AvgIpc) is 2.55. The lowest BCUT2D eigenvalue weighted by Crippen LogP contribution is -2.45. The SMILES string of the molecule is CN1CCN(c2nccc(NCc3ccccc3Cl)n2)CC1. The van der Waals surface area contributed by atoms with Crippen LogP contribution in [0.15, 0.2) is 36.5 Å². The van der Waals surface area contributed by atoms with Crippen LogP contribution in [0.25, 0.3) is 0 Å². The molecule has 1 aliphatic rings. The second-order valence-electron chi connectivity index (χ2n) is 5.48. The molecular weight excluding hydrogens is 298 g/mol. The quantitative estimate of drug-likeness (QED) is 0.938. The molecule has 0 spiro atoms. The molecule has 2 aromatic rings. The molecule has 22 heavy (non-hydrogen) atoms. The minimum atomic E-state index is 0.652. The maximum atomic E-state index is 6.17. The fourth-order valence-corrected chi connectivity index (χ4v) is 2.64. The first-order valence-electron chi connectivity index (χ1n) is 7.46. The van der Waals surface area contributed by atoms with Crippen LogP contribution in [0, 0.1) is 0 Å². The molecule has 0 atom stereocenters. The summed E-state index contributed by atoms with van der Waals surface area (Å²) in [4.78, 5) is 13.5. The Balaban J connectivity index is 1.65. The monoisotopic (exact) mass is 317 g/mol. The van der Waals surface area contributed by atoms with Crippen molar-refractivity contribution in [1.82, 2.24) is 14.9 Å². The molecule has 3 rings (SSSR count). The molecule has 1 N–H and O–H groups in total. The van der Waals surface area contributed by atoms with Crippen LogP contribution in [0.1, 0.15) is 5.56 Å². The number of halogens is 1. The Hall–Kier alpha value is -1.85. The van der Waals surface area contributed by atoms with Gasteiger partial charge < -0.3 is 15.1 Å². The minimum Gasteiger partial charge on any atom is -0.366 e. The number of anilines is 2. The van der Waals surface area contributed by atoms with E-state index in [0.29, 0.717) is 6.54 Å². The molecule has 2 heterocycles. The van der Waals surface area contributed by atoms with E-state index in [1.54, 1.807) is 6.20 Å². The van der Waals surface area contributed by atoms with E-state index in [9.17, 15) is 0 Å². The number of hydrogen-bond acceptors (Lipinski definition) is 5. The maximum Gasteiger partial charge on any atom is 0.227 e. The second kappa shape index (κ2) is 6.94. The van der Waals surface area contributed by atoms with Gasteiger partial charge in [0, 0.05) is 43.9 Å². The van der Waals surface area contributed by atoms with Gasteiger partial charge in [0.1, 0.15) is 5.82 Å².